The van der Waals surface area contributed by atoms with Crippen molar-refractivity contribution < 1.29 is 0 Å². The van der Waals surface area contributed by atoms with E-state index in [1.165, 1.54) is 51.4 Å². The fourth-order valence-corrected chi connectivity index (χ4v) is 2.63. The molecule has 1 rings (SSSR count). The highest BCUT2D eigenvalue weighted by Crippen LogP contribution is 2.32. The average molecular weight is 183 g/mol. The Hall–Kier alpha value is -0.0400. The zero-order valence-electron chi connectivity index (χ0n) is 9.36. The summed E-state index contributed by atoms with van der Waals surface area (Å²) < 4.78 is 0. The molecule has 0 atom stereocenters. The van der Waals surface area contributed by atoms with Gasteiger partial charge in [0.2, 0.25) is 0 Å². The van der Waals surface area contributed by atoms with Gasteiger partial charge >= 0.3 is 0 Å². The van der Waals surface area contributed by atoms with E-state index >= 15 is 0 Å². The van der Waals surface area contributed by atoms with E-state index in [2.05, 4.69) is 19.2 Å². The number of unbranched alkanes of at least 4 members (excludes halogenated alkanes) is 1. The molecule has 13 heavy (non-hydrogen) atoms. The summed E-state index contributed by atoms with van der Waals surface area (Å²) >= 11 is 0. The van der Waals surface area contributed by atoms with Crippen molar-refractivity contribution in [2.45, 2.75) is 70.8 Å². The first kappa shape index (κ1) is 11.0. The van der Waals surface area contributed by atoms with Crippen LogP contribution in [-0.4, -0.2) is 12.1 Å². The van der Waals surface area contributed by atoms with Crippen LogP contribution in [0.2, 0.25) is 0 Å². The first-order chi connectivity index (χ1) is 6.33. The van der Waals surface area contributed by atoms with Gasteiger partial charge in [-0.15, -0.1) is 0 Å². The van der Waals surface area contributed by atoms with Gasteiger partial charge in [-0.25, -0.2) is 0 Å². The van der Waals surface area contributed by atoms with E-state index < -0.39 is 0 Å². The van der Waals surface area contributed by atoms with Gasteiger partial charge in [0.05, 0.1) is 0 Å². The monoisotopic (exact) mass is 183 g/mol. The summed E-state index contributed by atoms with van der Waals surface area (Å²) in [5.41, 5.74) is 0.531. The second kappa shape index (κ2) is 5.64. The fraction of sp³-hybridized carbons (Fsp3) is 1.00. The van der Waals surface area contributed by atoms with Gasteiger partial charge in [-0.05, 0) is 25.8 Å². The standard InChI is InChI=1S/C12H25N/c1-3-5-9-12(13-4-2)10-7-6-8-11-12/h13H,3-11H2,1-2H3. The van der Waals surface area contributed by atoms with Crippen LogP contribution in [0.5, 0.6) is 0 Å². The molecule has 1 saturated carbocycles. The minimum atomic E-state index is 0.531. The Morgan fingerprint density at radius 2 is 1.77 bits per heavy atom. The molecule has 1 N–H and O–H groups in total. The van der Waals surface area contributed by atoms with Crippen LogP contribution in [0, 0.1) is 0 Å². The van der Waals surface area contributed by atoms with E-state index in [9.17, 15) is 0 Å². The predicted molar refractivity (Wildman–Crippen MR) is 59.0 cm³/mol. The minimum Gasteiger partial charge on any atom is -0.312 e. The average Bonchev–Trinajstić information content (AvgIpc) is 2.17. The van der Waals surface area contributed by atoms with Crippen molar-refractivity contribution in [1.82, 2.24) is 5.32 Å². The third-order valence-corrected chi connectivity index (χ3v) is 3.37. The van der Waals surface area contributed by atoms with Crippen LogP contribution in [0.15, 0.2) is 0 Å². The Kier molecular flexibility index (Phi) is 4.79. The molecule has 0 aromatic heterocycles. The minimum absolute atomic E-state index is 0.531. The molecule has 1 aliphatic rings. The normalized spacial score (nSPS) is 21.7. The van der Waals surface area contributed by atoms with Crippen molar-refractivity contribution >= 4 is 0 Å². The molecule has 0 bridgehead atoms. The second-order valence-corrected chi connectivity index (χ2v) is 4.47. The predicted octanol–water partition coefficient (Wildman–Crippen LogP) is 3.49. The van der Waals surface area contributed by atoms with Crippen molar-refractivity contribution in [3.05, 3.63) is 0 Å². The molecule has 0 aromatic carbocycles. The molecular weight excluding hydrogens is 158 g/mol. The Bertz CT molecular complexity index is 120. The van der Waals surface area contributed by atoms with Crippen LogP contribution in [-0.2, 0) is 0 Å². The zero-order chi connectivity index (χ0) is 9.57. The van der Waals surface area contributed by atoms with Crippen LogP contribution in [0.1, 0.15) is 65.2 Å². The molecule has 1 nitrogen and oxygen atoms in total. The molecule has 0 aromatic rings. The summed E-state index contributed by atoms with van der Waals surface area (Å²) in [6.07, 6.45) is 11.3. The molecule has 0 amide bonds. The van der Waals surface area contributed by atoms with Crippen LogP contribution in [0.4, 0.5) is 0 Å². The summed E-state index contributed by atoms with van der Waals surface area (Å²) in [7, 11) is 0. The van der Waals surface area contributed by atoms with Gasteiger partial charge in [-0.1, -0.05) is 46.0 Å². The van der Waals surface area contributed by atoms with Crippen molar-refractivity contribution in [2.24, 2.45) is 0 Å². The lowest BCUT2D eigenvalue weighted by molar-refractivity contribution is 0.214. The highest BCUT2D eigenvalue weighted by molar-refractivity contribution is 4.90. The van der Waals surface area contributed by atoms with Gasteiger partial charge in [0.15, 0.2) is 0 Å². The first-order valence-electron chi connectivity index (χ1n) is 6.08. The summed E-state index contributed by atoms with van der Waals surface area (Å²) in [4.78, 5) is 0. The van der Waals surface area contributed by atoms with Crippen molar-refractivity contribution in [3.8, 4) is 0 Å². The maximum Gasteiger partial charge on any atom is 0.0181 e. The number of nitrogens with one attached hydrogen (secondary N) is 1. The lowest BCUT2D eigenvalue weighted by atomic mass is 9.78. The van der Waals surface area contributed by atoms with E-state index in [1.54, 1.807) is 0 Å². The maximum absolute atomic E-state index is 3.73. The van der Waals surface area contributed by atoms with Gasteiger partial charge in [0.1, 0.15) is 0 Å². The van der Waals surface area contributed by atoms with E-state index in [0.717, 1.165) is 6.54 Å². The van der Waals surface area contributed by atoms with E-state index in [1.807, 2.05) is 0 Å². The Morgan fingerprint density at radius 3 is 2.31 bits per heavy atom. The highest BCUT2D eigenvalue weighted by atomic mass is 15.0. The van der Waals surface area contributed by atoms with Gasteiger partial charge in [-0.2, -0.15) is 0 Å². The number of hydrogen-bond acceptors (Lipinski definition) is 1. The van der Waals surface area contributed by atoms with E-state index in [0.29, 0.717) is 5.54 Å². The second-order valence-electron chi connectivity index (χ2n) is 4.47. The molecule has 1 heteroatoms. The summed E-state index contributed by atoms with van der Waals surface area (Å²) in [6.45, 7) is 5.68. The molecule has 0 radical (unpaired) electrons. The molecule has 0 unspecified atom stereocenters. The lowest BCUT2D eigenvalue weighted by Gasteiger charge is -2.38. The number of hydrogen-bond donors (Lipinski definition) is 1. The van der Waals surface area contributed by atoms with Crippen LogP contribution in [0.25, 0.3) is 0 Å². The SMILES string of the molecule is CCCCC1(NCC)CCCCC1. The van der Waals surface area contributed by atoms with Gasteiger partial charge in [0, 0.05) is 5.54 Å². The molecule has 0 saturated heterocycles. The van der Waals surface area contributed by atoms with Gasteiger partial charge < -0.3 is 5.32 Å². The molecule has 0 aliphatic heterocycles. The summed E-state index contributed by atoms with van der Waals surface area (Å²) in [5.74, 6) is 0. The maximum atomic E-state index is 3.73. The van der Waals surface area contributed by atoms with E-state index in [-0.39, 0.29) is 0 Å². The molecule has 0 heterocycles. The Balaban J connectivity index is 2.40. The Morgan fingerprint density at radius 1 is 1.08 bits per heavy atom. The van der Waals surface area contributed by atoms with E-state index in [4.69, 9.17) is 0 Å². The first-order valence-corrected chi connectivity index (χ1v) is 6.08. The molecule has 1 fully saturated rings. The summed E-state index contributed by atoms with van der Waals surface area (Å²) in [5, 5.41) is 3.73. The van der Waals surface area contributed by atoms with Crippen LogP contribution < -0.4 is 5.32 Å². The molecular formula is C12H25N. The third-order valence-electron chi connectivity index (χ3n) is 3.37. The van der Waals surface area contributed by atoms with Crippen molar-refractivity contribution in [1.29, 1.82) is 0 Å². The topological polar surface area (TPSA) is 12.0 Å². The Labute approximate surface area is 83.3 Å². The molecule has 0 spiro atoms. The zero-order valence-corrected chi connectivity index (χ0v) is 9.36. The quantitative estimate of drug-likeness (QED) is 0.688. The van der Waals surface area contributed by atoms with Crippen LogP contribution in [0.3, 0.4) is 0 Å². The third kappa shape index (κ3) is 3.30. The molecule has 1 aliphatic carbocycles. The van der Waals surface area contributed by atoms with Crippen molar-refractivity contribution in [3.63, 3.8) is 0 Å². The lowest BCUT2D eigenvalue weighted by Crippen LogP contribution is -2.46. The molecule has 78 valence electrons. The van der Waals surface area contributed by atoms with Gasteiger partial charge in [-0.3, -0.25) is 0 Å². The fourth-order valence-electron chi connectivity index (χ4n) is 2.63. The van der Waals surface area contributed by atoms with Gasteiger partial charge in [0.25, 0.3) is 0 Å². The highest BCUT2D eigenvalue weighted by Gasteiger charge is 2.29. The smallest absolute Gasteiger partial charge is 0.0181 e. The van der Waals surface area contributed by atoms with Crippen LogP contribution >= 0.6 is 0 Å². The summed E-state index contributed by atoms with van der Waals surface area (Å²) in [6, 6.07) is 0. The largest absolute Gasteiger partial charge is 0.312 e. The number of rotatable bonds is 5. The van der Waals surface area contributed by atoms with Crippen molar-refractivity contribution in [2.75, 3.05) is 6.54 Å².